The molecule has 2 nitrogen and oxygen atoms in total. The molecule has 0 heterocycles. The lowest BCUT2D eigenvalue weighted by Crippen LogP contribution is -2.43. The fourth-order valence-electron chi connectivity index (χ4n) is 7.35. The molecule has 5 rings (SSSR count). The Morgan fingerprint density at radius 3 is 2.68 bits per heavy atom. The van der Waals surface area contributed by atoms with Crippen molar-refractivity contribution in [2.75, 3.05) is 0 Å². The van der Waals surface area contributed by atoms with Gasteiger partial charge in [-0.05, 0) is 96.6 Å². The van der Waals surface area contributed by atoms with Crippen LogP contribution in [0.15, 0.2) is 36.4 Å². The van der Waals surface area contributed by atoms with Gasteiger partial charge in [0.25, 0.3) is 0 Å². The number of hydrogen-bond donors (Lipinski definition) is 0. The molecule has 3 aliphatic rings. The van der Waals surface area contributed by atoms with E-state index >= 15 is 0 Å². The van der Waals surface area contributed by atoms with Crippen molar-refractivity contribution in [1.82, 2.24) is 0 Å². The Kier molecular flexibility index (Phi) is 5.23. The molecule has 2 saturated carbocycles. The molecule has 2 heteroatoms. The summed E-state index contributed by atoms with van der Waals surface area (Å²) < 4.78 is 6.40. The summed E-state index contributed by atoms with van der Waals surface area (Å²) in [7, 11) is 0. The number of carbonyl (C=O) groups excluding carboxylic acids is 1. The van der Waals surface area contributed by atoms with Gasteiger partial charge >= 0.3 is 0 Å². The van der Waals surface area contributed by atoms with E-state index in [1.54, 1.807) is 5.56 Å². The van der Waals surface area contributed by atoms with E-state index in [-0.39, 0.29) is 5.41 Å². The summed E-state index contributed by atoms with van der Waals surface area (Å²) in [6.07, 6.45) is 6.35. The van der Waals surface area contributed by atoms with Crippen molar-refractivity contribution in [2.45, 2.75) is 84.7 Å². The third-order valence-corrected chi connectivity index (χ3v) is 9.02. The fourth-order valence-corrected chi connectivity index (χ4v) is 7.35. The van der Waals surface area contributed by atoms with Gasteiger partial charge in [0.15, 0.2) is 0 Å². The number of Topliss-reactive ketones (excluding diaryl/α,β-unsaturated/α-hetero) is 1. The molecule has 0 bridgehead atoms. The zero-order valence-corrected chi connectivity index (χ0v) is 19.5. The van der Waals surface area contributed by atoms with Crippen molar-refractivity contribution in [3.05, 3.63) is 64.2 Å². The predicted molar refractivity (Wildman–Crippen MR) is 126 cm³/mol. The van der Waals surface area contributed by atoms with Crippen LogP contribution in [0.1, 0.15) is 92.5 Å². The molecule has 0 radical (unpaired) electrons. The van der Waals surface area contributed by atoms with Crippen LogP contribution in [-0.2, 0) is 17.8 Å². The zero-order valence-electron chi connectivity index (χ0n) is 19.5. The van der Waals surface area contributed by atoms with Crippen LogP contribution in [0.3, 0.4) is 0 Å². The highest BCUT2D eigenvalue weighted by Crippen LogP contribution is 2.62. The summed E-state index contributed by atoms with van der Waals surface area (Å²) >= 11 is 0. The van der Waals surface area contributed by atoms with E-state index in [1.165, 1.54) is 28.7 Å². The van der Waals surface area contributed by atoms with E-state index < -0.39 is 0 Å². The van der Waals surface area contributed by atoms with Crippen LogP contribution in [0.5, 0.6) is 5.75 Å². The van der Waals surface area contributed by atoms with Crippen molar-refractivity contribution in [3.63, 3.8) is 0 Å². The molecule has 31 heavy (non-hydrogen) atoms. The van der Waals surface area contributed by atoms with Gasteiger partial charge in [-0.15, -0.1) is 0 Å². The minimum absolute atomic E-state index is 0.0569. The molecule has 1 unspecified atom stereocenters. The molecule has 0 spiro atoms. The molecule has 5 atom stereocenters. The van der Waals surface area contributed by atoms with Crippen molar-refractivity contribution in [2.24, 2.45) is 17.3 Å². The van der Waals surface area contributed by atoms with Crippen LogP contribution in [0, 0.1) is 24.2 Å². The highest BCUT2D eigenvalue weighted by molar-refractivity contribution is 5.87. The fraction of sp³-hybridized carbons (Fsp3) is 0.552. The maximum Gasteiger partial charge on any atom is 0.139 e. The molecule has 3 aliphatic carbocycles. The van der Waals surface area contributed by atoms with Crippen LogP contribution >= 0.6 is 0 Å². The molecule has 0 aliphatic heterocycles. The second-order valence-electron chi connectivity index (χ2n) is 10.5. The van der Waals surface area contributed by atoms with Gasteiger partial charge in [-0.3, -0.25) is 4.79 Å². The Labute approximate surface area is 187 Å². The Morgan fingerprint density at radius 1 is 1.16 bits per heavy atom. The Morgan fingerprint density at radius 2 is 1.94 bits per heavy atom. The maximum absolute atomic E-state index is 12.7. The average molecular weight is 417 g/mol. The lowest BCUT2D eigenvalue weighted by molar-refractivity contribution is -0.129. The normalized spacial score (nSPS) is 31.7. The second kappa shape index (κ2) is 7.80. The highest BCUT2D eigenvalue weighted by atomic mass is 16.5. The minimum Gasteiger partial charge on any atom is -0.489 e. The molecule has 2 fully saturated rings. The van der Waals surface area contributed by atoms with Gasteiger partial charge in [0.1, 0.15) is 18.1 Å². The first-order valence-electron chi connectivity index (χ1n) is 12.3. The van der Waals surface area contributed by atoms with Gasteiger partial charge < -0.3 is 4.74 Å². The molecule has 2 aromatic rings. The van der Waals surface area contributed by atoms with Gasteiger partial charge in [0.05, 0.1) is 0 Å². The first kappa shape index (κ1) is 20.8. The minimum atomic E-state index is -0.0569. The second-order valence-corrected chi connectivity index (χ2v) is 10.5. The predicted octanol–water partition coefficient (Wildman–Crippen LogP) is 7.12. The van der Waals surface area contributed by atoms with Gasteiger partial charge in [-0.2, -0.15) is 0 Å². The molecular formula is C29H36O2. The summed E-state index contributed by atoms with van der Waals surface area (Å²) in [6.45, 7) is 9.87. The standard InChI is InChI=1S/C29H36O2/c1-5-21-19(3)28-22-13-14-29(4)25(11-12-27(29)30)24(22)15-18(2)23(28)16-26(21)31-17-20-9-7-6-8-10-20/h6-10,16,18,22,24-25H,5,11-15,17H2,1-4H3/t18?,22-,24+,25-,29-/m0/s1. The van der Waals surface area contributed by atoms with E-state index in [0.29, 0.717) is 36.1 Å². The summed E-state index contributed by atoms with van der Waals surface area (Å²) in [5.41, 5.74) is 7.10. The lowest BCUT2D eigenvalue weighted by atomic mass is 9.53. The average Bonchev–Trinajstić information content (AvgIpc) is 3.08. The summed E-state index contributed by atoms with van der Waals surface area (Å²) in [5.74, 6) is 3.98. The number of ether oxygens (including phenoxy) is 1. The molecule has 0 saturated heterocycles. The van der Waals surface area contributed by atoms with E-state index in [9.17, 15) is 4.79 Å². The van der Waals surface area contributed by atoms with Gasteiger partial charge in [0, 0.05) is 11.8 Å². The van der Waals surface area contributed by atoms with E-state index in [2.05, 4.69) is 64.1 Å². The van der Waals surface area contributed by atoms with Gasteiger partial charge in [-0.25, -0.2) is 0 Å². The molecule has 164 valence electrons. The maximum atomic E-state index is 12.7. The number of rotatable bonds is 4. The van der Waals surface area contributed by atoms with E-state index in [1.807, 2.05) is 0 Å². The van der Waals surface area contributed by atoms with Crippen molar-refractivity contribution in [3.8, 4) is 5.75 Å². The first-order chi connectivity index (χ1) is 14.9. The number of benzene rings is 2. The van der Waals surface area contributed by atoms with E-state index in [0.717, 1.165) is 37.9 Å². The number of carbonyl (C=O) groups is 1. The lowest BCUT2D eigenvalue weighted by Gasteiger charge is -2.50. The van der Waals surface area contributed by atoms with Crippen LogP contribution < -0.4 is 4.74 Å². The summed E-state index contributed by atoms with van der Waals surface area (Å²) in [4.78, 5) is 12.7. The van der Waals surface area contributed by atoms with Crippen LogP contribution in [0.2, 0.25) is 0 Å². The van der Waals surface area contributed by atoms with Crippen molar-refractivity contribution >= 4 is 5.78 Å². The molecular weight excluding hydrogens is 380 g/mol. The Hall–Kier alpha value is -2.09. The summed E-state index contributed by atoms with van der Waals surface area (Å²) in [5, 5.41) is 0. The van der Waals surface area contributed by atoms with Crippen molar-refractivity contribution < 1.29 is 9.53 Å². The van der Waals surface area contributed by atoms with Gasteiger partial charge in [0.2, 0.25) is 0 Å². The van der Waals surface area contributed by atoms with Crippen LogP contribution in [0.4, 0.5) is 0 Å². The quantitative estimate of drug-likeness (QED) is 0.530. The zero-order chi connectivity index (χ0) is 21.8. The number of fused-ring (bicyclic) bond motifs is 5. The van der Waals surface area contributed by atoms with E-state index in [4.69, 9.17) is 4.74 Å². The smallest absolute Gasteiger partial charge is 0.139 e. The topological polar surface area (TPSA) is 26.3 Å². The van der Waals surface area contributed by atoms with Crippen LogP contribution in [-0.4, -0.2) is 5.78 Å². The Balaban J connectivity index is 1.51. The Bertz CT molecular complexity index is 992. The largest absolute Gasteiger partial charge is 0.489 e. The molecule has 0 aromatic heterocycles. The SMILES string of the molecule is CCc1c(OCc2ccccc2)cc2c(c1C)[C@H]1CC[C@]3(C)C(=O)CC[C@H]3[C@@H]1CC2C. The monoisotopic (exact) mass is 416 g/mol. The molecule has 2 aromatic carbocycles. The molecule has 0 N–H and O–H groups in total. The van der Waals surface area contributed by atoms with Gasteiger partial charge in [-0.1, -0.05) is 51.1 Å². The molecule has 0 amide bonds. The highest BCUT2D eigenvalue weighted by Gasteiger charge is 2.55. The summed E-state index contributed by atoms with van der Waals surface area (Å²) in [6, 6.07) is 12.8. The first-order valence-corrected chi connectivity index (χ1v) is 12.3. The third kappa shape index (κ3) is 3.25. The van der Waals surface area contributed by atoms with Crippen LogP contribution in [0.25, 0.3) is 0 Å². The van der Waals surface area contributed by atoms with Crippen molar-refractivity contribution in [1.29, 1.82) is 0 Å². The third-order valence-electron chi connectivity index (χ3n) is 9.02. The number of hydrogen-bond acceptors (Lipinski definition) is 2. The number of ketones is 1.